The van der Waals surface area contributed by atoms with Crippen LogP contribution in [0.15, 0.2) is 24.7 Å². The average Bonchev–Trinajstić information content (AvgIpc) is 3.26. The third kappa shape index (κ3) is 4.05. The highest BCUT2D eigenvalue weighted by atomic mass is 19.4. The van der Waals surface area contributed by atoms with Crippen molar-refractivity contribution < 1.29 is 18.0 Å². The smallest absolute Gasteiger partial charge is 0.354 e. The van der Waals surface area contributed by atoms with Gasteiger partial charge in [-0.25, -0.2) is 4.98 Å². The van der Waals surface area contributed by atoms with E-state index in [-0.39, 0.29) is 11.9 Å². The quantitative estimate of drug-likeness (QED) is 0.621. The van der Waals surface area contributed by atoms with Crippen molar-refractivity contribution in [2.24, 2.45) is 0 Å². The zero-order valence-electron chi connectivity index (χ0n) is 15.5. The van der Waals surface area contributed by atoms with Gasteiger partial charge in [0.05, 0.1) is 6.04 Å². The van der Waals surface area contributed by atoms with Gasteiger partial charge in [-0.15, -0.1) is 0 Å². The molecule has 0 aliphatic heterocycles. The molecule has 3 heterocycles. The van der Waals surface area contributed by atoms with E-state index < -0.39 is 11.9 Å². The Morgan fingerprint density at radius 3 is 2.57 bits per heavy atom. The van der Waals surface area contributed by atoms with E-state index in [2.05, 4.69) is 30.5 Å². The van der Waals surface area contributed by atoms with Crippen LogP contribution in [0.3, 0.4) is 0 Å². The molecule has 3 aromatic rings. The van der Waals surface area contributed by atoms with Gasteiger partial charge >= 0.3 is 6.18 Å². The van der Waals surface area contributed by atoms with Crippen LogP contribution in [0.2, 0.25) is 0 Å². The molecule has 0 saturated carbocycles. The predicted octanol–water partition coefficient (Wildman–Crippen LogP) is 3.25. The van der Waals surface area contributed by atoms with Crippen molar-refractivity contribution in [3.05, 3.63) is 64.3 Å². The van der Waals surface area contributed by atoms with Crippen LogP contribution in [0.5, 0.6) is 0 Å². The lowest BCUT2D eigenvalue weighted by molar-refractivity contribution is -0.141. The van der Waals surface area contributed by atoms with Gasteiger partial charge in [-0.2, -0.15) is 18.3 Å². The molecule has 0 saturated heterocycles. The molecule has 0 radical (unpaired) electrons. The van der Waals surface area contributed by atoms with Gasteiger partial charge in [-0.3, -0.25) is 14.9 Å². The fourth-order valence-electron chi connectivity index (χ4n) is 2.94. The van der Waals surface area contributed by atoms with Crippen molar-refractivity contribution in [3.63, 3.8) is 0 Å². The topological polar surface area (TPSA) is 99.4 Å². The molecule has 3 aromatic heterocycles. The standard InChI is InChI=1S/C18H19F3N6O/c1-9-13(6-12-4-5-14(22-7-12)18(19,20)21)10(2)25-15(9)17(28)26-11(3)16-23-8-24-27-16/h4-5,7-8,11,25H,6H2,1-3H3,(H,26,28)(H,23,24,27). The molecular formula is C18H19F3N6O. The van der Waals surface area contributed by atoms with Gasteiger partial charge in [0, 0.05) is 18.3 Å². The fourth-order valence-corrected chi connectivity index (χ4v) is 2.94. The molecule has 0 spiro atoms. The Hall–Kier alpha value is -3.17. The van der Waals surface area contributed by atoms with Crippen molar-refractivity contribution in [2.75, 3.05) is 0 Å². The van der Waals surface area contributed by atoms with Crippen LogP contribution in [-0.4, -0.2) is 31.1 Å². The Morgan fingerprint density at radius 2 is 2.00 bits per heavy atom. The van der Waals surface area contributed by atoms with Crippen molar-refractivity contribution >= 4 is 5.91 Å². The predicted molar refractivity (Wildman–Crippen MR) is 94.6 cm³/mol. The van der Waals surface area contributed by atoms with E-state index in [0.717, 1.165) is 22.9 Å². The fraction of sp³-hybridized carbons (Fsp3) is 0.333. The molecule has 1 unspecified atom stereocenters. The van der Waals surface area contributed by atoms with Gasteiger partial charge in [0.15, 0.2) is 0 Å². The maximum atomic E-state index is 12.7. The molecule has 148 valence electrons. The number of aromatic nitrogens is 5. The van der Waals surface area contributed by atoms with E-state index in [1.54, 1.807) is 13.8 Å². The monoisotopic (exact) mass is 392 g/mol. The Kier molecular flexibility index (Phi) is 5.21. The molecule has 10 heteroatoms. The second kappa shape index (κ2) is 7.45. The molecule has 3 N–H and O–H groups in total. The van der Waals surface area contributed by atoms with Crippen LogP contribution in [-0.2, 0) is 12.6 Å². The summed E-state index contributed by atoms with van der Waals surface area (Å²) < 4.78 is 38.0. The lowest BCUT2D eigenvalue weighted by Crippen LogP contribution is -2.28. The van der Waals surface area contributed by atoms with E-state index in [9.17, 15) is 18.0 Å². The number of nitrogens with zero attached hydrogens (tertiary/aromatic N) is 3. The van der Waals surface area contributed by atoms with Gasteiger partial charge < -0.3 is 10.3 Å². The van der Waals surface area contributed by atoms with Crippen molar-refractivity contribution in [2.45, 2.75) is 39.4 Å². The Balaban J connectivity index is 1.77. The number of aryl methyl sites for hydroxylation is 1. The van der Waals surface area contributed by atoms with Crippen LogP contribution >= 0.6 is 0 Å². The third-order valence-corrected chi connectivity index (χ3v) is 4.51. The normalized spacial score (nSPS) is 12.8. The number of aromatic amines is 2. The summed E-state index contributed by atoms with van der Waals surface area (Å²) in [4.78, 5) is 23.2. The SMILES string of the molecule is Cc1[nH]c(C(=O)NC(C)c2ncn[nH]2)c(C)c1Cc1ccc(C(F)(F)F)nc1. The number of hydrogen-bond acceptors (Lipinski definition) is 4. The number of pyridine rings is 1. The highest BCUT2D eigenvalue weighted by Gasteiger charge is 2.32. The summed E-state index contributed by atoms with van der Waals surface area (Å²) in [5.41, 5.74) is 2.45. The highest BCUT2D eigenvalue weighted by molar-refractivity contribution is 5.94. The summed E-state index contributed by atoms with van der Waals surface area (Å²) in [6.45, 7) is 5.39. The minimum atomic E-state index is -4.47. The van der Waals surface area contributed by atoms with E-state index in [0.29, 0.717) is 23.5 Å². The summed E-state index contributed by atoms with van der Waals surface area (Å²) in [6.07, 6.45) is -1.53. The first-order chi connectivity index (χ1) is 13.2. The zero-order valence-corrected chi connectivity index (χ0v) is 15.5. The second-order valence-electron chi connectivity index (χ2n) is 6.52. The lowest BCUT2D eigenvalue weighted by atomic mass is 10.0. The molecule has 3 rings (SSSR count). The number of rotatable bonds is 5. The summed E-state index contributed by atoms with van der Waals surface area (Å²) in [5, 5.41) is 9.28. The first-order valence-electron chi connectivity index (χ1n) is 8.53. The van der Waals surface area contributed by atoms with Gasteiger partial charge in [0.25, 0.3) is 5.91 Å². The summed E-state index contributed by atoms with van der Waals surface area (Å²) in [6, 6.07) is 1.99. The molecular weight excluding hydrogens is 373 g/mol. The number of carbonyl (C=O) groups is 1. The molecule has 1 amide bonds. The molecule has 7 nitrogen and oxygen atoms in total. The maximum Gasteiger partial charge on any atom is 0.433 e. The van der Waals surface area contributed by atoms with Crippen molar-refractivity contribution in [1.29, 1.82) is 0 Å². The van der Waals surface area contributed by atoms with Crippen molar-refractivity contribution in [1.82, 2.24) is 30.5 Å². The molecule has 1 atom stereocenters. The lowest BCUT2D eigenvalue weighted by Gasteiger charge is -2.11. The molecule has 0 fully saturated rings. The van der Waals surface area contributed by atoms with Crippen LogP contribution in [0.1, 0.15) is 57.4 Å². The van der Waals surface area contributed by atoms with E-state index in [1.807, 2.05) is 6.92 Å². The molecule has 0 aromatic carbocycles. The van der Waals surface area contributed by atoms with Gasteiger partial charge in [-0.1, -0.05) is 6.07 Å². The highest BCUT2D eigenvalue weighted by Crippen LogP contribution is 2.28. The molecule has 28 heavy (non-hydrogen) atoms. The van der Waals surface area contributed by atoms with Crippen LogP contribution in [0, 0.1) is 13.8 Å². The maximum absolute atomic E-state index is 12.7. The van der Waals surface area contributed by atoms with Crippen LogP contribution < -0.4 is 5.32 Å². The van der Waals surface area contributed by atoms with Gasteiger partial charge in [0.2, 0.25) is 0 Å². The molecule has 0 aliphatic rings. The van der Waals surface area contributed by atoms with Gasteiger partial charge in [0.1, 0.15) is 23.5 Å². The number of halogens is 3. The third-order valence-electron chi connectivity index (χ3n) is 4.51. The first kappa shape index (κ1) is 19.6. The minimum Gasteiger partial charge on any atom is -0.354 e. The Morgan fingerprint density at radius 1 is 1.25 bits per heavy atom. The number of alkyl halides is 3. The number of amides is 1. The average molecular weight is 392 g/mol. The Labute approximate surface area is 158 Å². The number of H-pyrrole nitrogens is 2. The largest absolute Gasteiger partial charge is 0.433 e. The molecule has 0 aliphatic carbocycles. The van der Waals surface area contributed by atoms with Gasteiger partial charge in [-0.05, 0) is 43.5 Å². The number of hydrogen-bond donors (Lipinski definition) is 3. The summed E-state index contributed by atoms with van der Waals surface area (Å²) in [5.74, 6) is 0.228. The van der Waals surface area contributed by atoms with E-state index >= 15 is 0 Å². The first-order valence-corrected chi connectivity index (χ1v) is 8.53. The minimum absolute atomic E-state index is 0.304. The van der Waals surface area contributed by atoms with E-state index in [1.165, 1.54) is 18.6 Å². The Bertz CT molecular complexity index is 961. The molecule has 0 bridgehead atoms. The zero-order chi connectivity index (χ0) is 20.5. The summed E-state index contributed by atoms with van der Waals surface area (Å²) in [7, 11) is 0. The van der Waals surface area contributed by atoms with Crippen LogP contribution in [0.4, 0.5) is 13.2 Å². The van der Waals surface area contributed by atoms with E-state index in [4.69, 9.17) is 0 Å². The van der Waals surface area contributed by atoms with Crippen molar-refractivity contribution in [3.8, 4) is 0 Å². The summed E-state index contributed by atoms with van der Waals surface area (Å²) >= 11 is 0. The number of nitrogens with one attached hydrogen (secondary N) is 3. The second-order valence-corrected chi connectivity index (χ2v) is 6.52. The number of carbonyl (C=O) groups excluding carboxylic acids is 1. The van der Waals surface area contributed by atoms with Crippen LogP contribution in [0.25, 0.3) is 0 Å².